The lowest BCUT2D eigenvalue weighted by molar-refractivity contribution is -0.115. The van der Waals surface area contributed by atoms with Gasteiger partial charge in [0.1, 0.15) is 11.6 Å². The zero-order chi connectivity index (χ0) is 17.8. The number of benzene rings is 2. The molecule has 3 aromatic rings. The molecule has 0 atom stereocenters. The second-order valence-electron chi connectivity index (χ2n) is 5.45. The van der Waals surface area contributed by atoms with Crippen molar-refractivity contribution >= 4 is 11.9 Å². The summed E-state index contributed by atoms with van der Waals surface area (Å²) in [6.45, 7) is 1.91. The third-order valence-electron chi connectivity index (χ3n) is 3.57. The summed E-state index contributed by atoms with van der Waals surface area (Å²) in [6.07, 6.45) is 0.155. The number of carbonyl (C=O) groups is 1. The number of carbonyl (C=O) groups excluding carboxylic acids is 1. The number of aromatic nitrogens is 2. The van der Waals surface area contributed by atoms with Crippen LogP contribution in [0.15, 0.2) is 46.9 Å². The number of aryl methyl sites for hydroxylation is 1. The zero-order valence-electron chi connectivity index (χ0n) is 13.7. The van der Waals surface area contributed by atoms with Crippen LogP contribution in [0.25, 0.3) is 11.5 Å². The van der Waals surface area contributed by atoms with Crippen molar-refractivity contribution in [3.05, 3.63) is 59.4 Å². The van der Waals surface area contributed by atoms with E-state index in [4.69, 9.17) is 9.15 Å². The summed E-state index contributed by atoms with van der Waals surface area (Å²) in [5, 5.41) is 10.1. The molecule has 0 bridgehead atoms. The largest absolute Gasteiger partial charge is 0.496 e. The first-order valence-electron chi connectivity index (χ1n) is 7.58. The average Bonchev–Trinajstić information content (AvgIpc) is 3.03. The smallest absolute Gasteiger partial charge is 0.322 e. The minimum atomic E-state index is -0.406. The van der Waals surface area contributed by atoms with Crippen LogP contribution in [-0.4, -0.2) is 23.2 Å². The molecule has 0 aliphatic rings. The third kappa shape index (κ3) is 4.00. The molecule has 7 heteroatoms. The Kier molecular flexibility index (Phi) is 4.74. The normalized spacial score (nSPS) is 10.5. The topological polar surface area (TPSA) is 77.2 Å². The van der Waals surface area contributed by atoms with Gasteiger partial charge in [0.05, 0.1) is 13.5 Å². The predicted octanol–water partition coefficient (Wildman–Crippen LogP) is 3.37. The van der Waals surface area contributed by atoms with Crippen LogP contribution in [-0.2, 0) is 11.2 Å². The summed E-state index contributed by atoms with van der Waals surface area (Å²) < 4.78 is 23.8. The molecule has 3 rings (SSSR count). The number of methoxy groups -OCH3 is 1. The quantitative estimate of drug-likeness (QED) is 0.770. The van der Waals surface area contributed by atoms with Crippen molar-refractivity contribution < 1.29 is 18.3 Å². The number of rotatable bonds is 5. The van der Waals surface area contributed by atoms with Gasteiger partial charge < -0.3 is 9.15 Å². The Balaban J connectivity index is 1.66. The van der Waals surface area contributed by atoms with Crippen molar-refractivity contribution in [1.29, 1.82) is 0 Å². The standard InChI is InChI=1S/C18H16FN3O3/c1-11-8-12(6-7-15(11)24-2)9-16(23)20-18-22-21-17(25-18)13-4-3-5-14(19)10-13/h3-8,10H,9H2,1-2H3,(H,20,22,23). The molecule has 0 spiro atoms. The molecule has 128 valence electrons. The van der Waals surface area contributed by atoms with Gasteiger partial charge in [0.25, 0.3) is 0 Å². The van der Waals surface area contributed by atoms with Crippen LogP contribution < -0.4 is 10.1 Å². The van der Waals surface area contributed by atoms with Crippen LogP contribution in [0.1, 0.15) is 11.1 Å². The fourth-order valence-corrected chi connectivity index (χ4v) is 2.41. The van der Waals surface area contributed by atoms with E-state index in [1.807, 2.05) is 25.1 Å². The SMILES string of the molecule is COc1ccc(CC(=O)Nc2nnc(-c3cccc(F)c3)o2)cc1C. The molecule has 0 aliphatic carbocycles. The molecule has 0 radical (unpaired) electrons. The van der Waals surface area contributed by atoms with Gasteiger partial charge in [-0.3, -0.25) is 10.1 Å². The number of halogens is 1. The highest BCUT2D eigenvalue weighted by atomic mass is 19.1. The number of ether oxygens (including phenoxy) is 1. The third-order valence-corrected chi connectivity index (χ3v) is 3.57. The summed E-state index contributed by atoms with van der Waals surface area (Å²) in [4.78, 5) is 12.1. The molecule has 2 aromatic carbocycles. The molecule has 1 aromatic heterocycles. The fourth-order valence-electron chi connectivity index (χ4n) is 2.41. The molecule has 0 aliphatic heterocycles. The Morgan fingerprint density at radius 3 is 2.80 bits per heavy atom. The lowest BCUT2D eigenvalue weighted by atomic mass is 10.1. The molecule has 1 N–H and O–H groups in total. The Morgan fingerprint density at radius 1 is 1.24 bits per heavy atom. The van der Waals surface area contributed by atoms with Crippen LogP contribution in [0.5, 0.6) is 5.75 Å². The highest BCUT2D eigenvalue weighted by Gasteiger charge is 2.13. The molecule has 6 nitrogen and oxygen atoms in total. The first-order chi connectivity index (χ1) is 12.0. The highest BCUT2D eigenvalue weighted by molar-refractivity contribution is 5.90. The molecule has 25 heavy (non-hydrogen) atoms. The Labute approximate surface area is 143 Å². The summed E-state index contributed by atoms with van der Waals surface area (Å²) in [7, 11) is 1.60. The average molecular weight is 341 g/mol. The Bertz CT molecular complexity index is 908. The lowest BCUT2D eigenvalue weighted by Gasteiger charge is -2.07. The number of amides is 1. The number of nitrogens with one attached hydrogen (secondary N) is 1. The fraction of sp³-hybridized carbons (Fsp3) is 0.167. The molecule has 0 unspecified atom stereocenters. The van der Waals surface area contributed by atoms with Gasteiger partial charge in [-0.1, -0.05) is 23.3 Å². The van der Waals surface area contributed by atoms with Crippen molar-refractivity contribution in [2.24, 2.45) is 0 Å². The molecule has 0 fully saturated rings. The van der Waals surface area contributed by atoms with E-state index < -0.39 is 5.82 Å². The maximum absolute atomic E-state index is 13.2. The maximum Gasteiger partial charge on any atom is 0.322 e. The van der Waals surface area contributed by atoms with Crippen LogP contribution in [0, 0.1) is 12.7 Å². The Hall–Kier alpha value is -3.22. The molecule has 1 amide bonds. The van der Waals surface area contributed by atoms with Gasteiger partial charge in [-0.25, -0.2) is 4.39 Å². The lowest BCUT2D eigenvalue weighted by Crippen LogP contribution is -2.14. The van der Waals surface area contributed by atoms with Crippen molar-refractivity contribution in [3.8, 4) is 17.2 Å². The molecule has 1 heterocycles. The maximum atomic E-state index is 13.2. The predicted molar refractivity (Wildman–Crippen MR) is 89.8 cm³/mol. The van der Waals surface area contributed by atoms with Gasteiger partial charge in [-0.2, -0.15) is 0 Å². The molecule has 0 saturated carbocycles. The Morgan fingerprint density at radius 2 is 2.08 bits per heavy atom. The molecular formula is C18H16FN3O3. The number of nitrogens with zero attached hydrogens (tertiary/aromatic N) is 2. The number of hydrogen-bond acceptors (Lipinski definition) is 5. The van der Waals surface area contributed by atoms with Crippen LogP contribution in [0.3, 0.4) is 0 Å². The van der Waals surface area contributed by atoms with Crippen molar-refractivity contribution in [2.45, 2.75) is 13.3 Å². The minimum absolute atomic E-state index is 0.0329. The number of hydrogen-bond donors (Lipinski definition) is 1. The van der Waals surface area contributed by atoms with Gasteiger partial charge in [-0.05, 0) is 42.3 Å². The molecule has 0 saturated heterocycles. The van der Waals surface area contributed by atoms with Gasteiger partial charge >= 0.3 is 6.01 Å². The van der Waals surface area contributed by atoms with E-state index in [0.29, 0.717) is 5.56 Å². The summed E-state index contributed by atoms with van der Waals surface area (Å²) >= 11 is 0. The van der Waals surface area contributed by atoms with Crippen LogP contribution in [0.4, 0.5) is 10.4 Å². The number of anilines is 1. The van der Waals surface area contributed by atoms with Gasteiger partial charge in [-0.15, -0.1) is 5.10 Å². The van der Waals surface area contributed by atoms with E-state index >= 15 is 0 Å². The second-order valence-corrected chi connectivity index (χ2v) is 5.45. The highest BCUT2D eigenvalue weighted by Crippen LogP contribution is 2.21. The monoisotopic (exact) mass is 341 g/mol. The van der Waals surface area contributed by atoms with E-state index in [-0.39, 0.29) is 24.2 Å². The summed E-state index contributed by atoms with van der Waals surface area (Å²) in [6, 6.07) is 11.3. The van der Waals surface area contributed by atoms with Crippen LogP contribution >= 0.6 is 0 Å². The second kappa shape index (κ2) is 7.12. The van der Waals surface area contributed by atoms with E-state index in [0.717, 1.165) is 16.9 Å². The first kappa shape index (κ1) is 16.6. The van der Waals surface area contributed by atoms with Crippen LogP contribution in [0.2, 0.25) is 0 Å². The van der Waals surface area contributed by atoms with E-state index in [2.05, 4.69) is 15.5 Å². The molecular weight excluding hydrogens is 325 g/mol. The van der Waals surface area contributed by atoms with Crippen molar-refractivity contribution in [3.63, 3.8) is 0 Å². The summed E-state index contributed by atoms with van der Waals surface area (Å²) in [5.74, 6) is 0.200. The van der Waals surface area contributed by atoms with E-state index in [9.17, 15) is 9.18 Å². The zero-order valence-corrected chi connectivity index (χ0v) is 13.7. The van der Waals surface area contributed by atoms with Crippen molar-refractivity contribution in [1.82, 2.24) is 10.2 Å². The minimum Gasteiger partial charge on any atom is -0.496 e. The van der Waals surface area contributed by atoms with E-state index in [1.54, 1.807) is 19.2 Å². The van der Waals surface area contributed by atoms with E-state index in [1.165, 1.54) is 12.1 Å². The van der Waals surface area contributed by atoms with Gasteiger partial charge in [0.2, 0.25) is 11.8 Å². The first-order valence-corrected chi connectivity index (χ1v) is 7.58. The van der Waals surface area contributed by atoms with Crippen molar-refractivity contribution in [2.75, 3.05) is 12.4 Å². The van der Waals surface area contributed by atoms with Gasteiger partial charge in [0.15, 0.2) is 0 Å². The van der Waals surface area contributed by atoms with Gasteiger partial charge in [0, 0.05) is 5.56 Å². The summed E-state index contributed by atoms with van der Waals surface area (Å²) in [5.41, 5.74) is 2.22.